The van der Waals surface area contributed by atoms with Crippen molar-refractivity contribution in [2.24, 2.45) is 0 Å². The van der Waals surface area contributed by atoms with E-state index >= 15 is 0 Å². The summed E-state index contributed by atoms with van der Waals surface area (Å²) in [6, 6.07) is -1.29. The monoisotopic (exact) mass is 290 g/mol. The zero-order chi connectivity index (χ0) is 14.3. The first-order chi connectivity index (χ1) is 9.08. The summed E-state index contributed by atoms with van der Waals surface area (Å²) >= 11 is 1.56. The molecule has 19 heavy (non-hydrogen) atoms. The zero-order valence-electron chi connectivity index (χ0n) is 11.3. The fourth-order valence-electron chi connectivity index (χ4n) is 2.23. The third kappa shape index (κ3) is 5.28. The molecule has 2 amide bonds. The molecule has 0 saturated heterocycles. The van der Waals surface area contributed by atoms with E-state index in [2.05, 4.69) is 10.6 Å². The predicted octanol–water partition coefficient (Wildman–Crippen LogP) is 1.06. The highest BCUT2D eigenvalue weighted by atomic mass is 32.2. The Hall–Kier alpha value is -0.950. The van der Waals surface area contributed by atoms with Gasteiger partial charge in [0.05, 0.1) is 12.1 Å². The van der Waals surface area contributed by atoms with Gasteiger partial charge in [0.2, 0.25) is 0 Å². The average molecular weight is 290 g/mol. The summed E-state index contributed by atoms with van der Waals surface area (Å²) in [5.74, 6) is -0.305. The number of thioether (sulfide) groups is 1. The summed E-state index contributed by atoms with van der Waals surface area (Å²) in [6.45, 7) is 0. The highest BCUT2D eigenvalue weighted by Crippen LogP contribution is 2.21. The number of carboxylic acids is 1. The van der Waals surface area contributed by atoms with Gasteiger partial charge < -0.3 is 20.5 Å². The van der Waals surface area contributed by atoms with Crippen LogP contribution in [-0.4, -0.2) is 54.4 Å². The van der Waals surface area contributed by atoms with Gasteiger partial charge in [-0.15, -0.1) is 0 Å². The van der Waals surface area contributed by atoms with Gasteiger partial charge in [0, 0.05) is 7.11 Å². The van der Waals surface area contributed by atoms with E-state index < -0.39 is 18.0 Å². The van der Waals surface area contributed by atoms with E-state index in [4.69, 9.17) is 9.84 Å². The number of ether oxygens (including phenoxy) is 1. The van der Waals surface area contributed by atoms with Crippen LogP contribution in [0.4, 0.5) is 4.79 Å². The number of hydrogen-bond donors (Lipinski definition) is 3. The van der Waals surface area contributed by atoms with Gasteiger partial charge in [0.1, 0.15) is 6.04 Å². The summed E-state index contributed by atoms with van der Waals surface area (Å²) in [7, 11) is 1.63. The van der Waals surface area contributed by atoms with Crippen LogP contribution < -0.4 is 10.6 Å². The molecule has 7 heteroatoms. The second kappa shape index (κ2) is 8.27. The fraction of sp³-hybridized carbons (Fsp3) is 0.833. The smallest absolute Gasteiger partial charge is 0.326 e. The molecule has 1 saturated carbocycles. The van der Waals surface area contributed by atoms with Gasteiger partial charge in [-0.2, -0.15) is 11.8 Å². The molecule has 110 valence electrons. The first kappa shape index (κ1) is 16.1. The van der Waals surface area contributed by atoms with Crippen LogP contribution in [0, 0.1) is 0 Å². The van der Waals surface area contributed by atoms with Crippen molar-refractivity contribution < 1.29 is 19.4 Å². The maximum absolute atomic E-state index is 11.8. The Labute approximate surface area is 117 Å². The minimum atomic E-state index is -1.00. The molecule has 0 aliphatic heterocycles. The van der Waals surface area contributed by atoms with Gasteiger partial charge in [-0.05, 0) is 37.7 Å². The summed E-state index contributed by atoms with van der Waals surface area (Å²) in [4.78, 5) is 22.8. The lowest BCUT2D eigenvalue weighted by Gasteiger charge is -2.21. The first-order valence-electron chi connectivity index (χ1n) is 6.40. The van der Waals surface area contributed by atoms with Crippen molar-refractivity contribution in [2.45, 2.75) is 43.9 Å². The molecule has 0 aromatic rings. The minimum Gasteiger partial charge on any atom is -0.480 e. The van der Waals surface area contributed by atoms with E-state index in [0.717, 1.165) is 19.3 Å². The van der Waals surface area contributed by atoms with Crippen LogP contribution in [0.1, 0.15) is 25.7 Å². The number of carboxylic acid groups (broad SMARTS) is 1. The van der Waals surface area contributed by atoms with Gasteiger partial charge in [0.15, 0.2) is 0 Å². The summed E-state index contributed by atoms with van der Waals surface area (Å²) in [5.41, 5.74) is 0. The van der Waals surface area contributed by atoms with E-state index in [1.807, 2.05) is 6.26 Å². The van der Waals surface area contributed by atoms with Crippen molar-refractivity contribution in [3.8, 4) is 0 Å². The van der Waals surface area contributed by atoms with Gasteiger partial charge in [-0.3, -0.25) is 0 Å². The van der Waals surface area contributed by atoms with Crippen molar-refractivity contribution >= 4 is 23.8 Å². The summed E-state index contributed by atoms with van der Waals surface area (Å²) in [5, 5.41) is 14.3. The fourth-order valence-corrected chi connectivity index (χ4v) is 2.71. The van der Waals surface area contributed by atoms with Gasteiger partial charge in [-0.1, -0.05) is 0 Å². The third-order valence-electron chi connectivity index (χ3n) is 3.29. The van der Waals surface area contributed by atoms with Crippen molar-refractivity contribution in [2.75, 3.05) is 19.1 Å². The Morgan fingerprint density at radius 3 is 2.79 bits per heavy atom. The predicted molar refractivity (Wildman–Crippen MR) is 74.5 cm³/mol. The van der Waals surface area contributed by atoms with Crippen LogP contribution in [0.15, 0.2) is 0 Å². The highest BCUT2D eigenvalue weighted by molar-refractivity contribution is 7.98. The summed E-state index contributed by atoms with van der Waals surface area (Å²) < 4.78 is 5.28. The Morgan fingerprint density at radius 2 is 2.21 bits per heavy atom. The lowest BCUT2D eigenvalue weighted by molar-refractivity contribution is -0.139. The molecule has 3 unspecified atom stereocenters. The molecular formula is C12H22N2O4S. The molecule has 1 rings (SSSR count). The third-order valence-corrected chi connectivity index (χ3v) is 3.93. The van der Waals surface area contributed by atoms with Crippen LogP contribution in [0.25, 0.3) is 0 Å². The molecule has 1 fully saturated rings. The van der Waals surface area contributed by atoms with E-state index in [1.54, 1.807) is 18.9 Å². The van der Waals surface area contributed by atoms with Crippen molar-refractivity contribution in [1.29, 1.82) is 0 Å². The van der Waals surface area contributed by atoms with Crippen molar-refractivity contribution in [3.63, 3.8) is 0 Å². The molecule has 0 spiro atoms. The van der Waals surface area contributed by atoms with E-state index in [0.29, 0.717) is 12.2 Å². The Balaban J connectivity index is 2.41. The number of nitrogens with one attached hydrogen (secondary N) is 2. The molecule has 0 heterocycles. The molecular weight excluding hydrogens is 268 g/mol. The van der Waals surface area contributed by atoms with Gasteiger partial charge >= 0.3 is 12.0 Å². The Morgan fingerprint density at radius 1 is 1.47 bits per heavy atom. The van der Waals surface area contributed by atoms with Crippen LogP contribution in [0.5, 0.6) is 0 Å². The van der Waals surface area contributed by atoms with Crippen molar-refractivity contribution in [1.82, 2.24) is 10.6 Å². The van der Waals surface area contributed by atoms with Crippen LogP contribution in [-0.2, 0) is 9.53 Å². The number of aliphatic carboxylic acids is 1. The maximum Gasteiger partial charge on any atom is 0.326 e. The van der Waals surface area contributed by atoms with Crippen LogP contribution in [0.2, 0.25) is 0 Å². The number of rotatable bonds is 7. The number of amides is 2. The molecule has 0 bridgehead atoms. The molecule has 3 atom stereocenters. The number of carbonyl (C=O) groups is 2. The quantitative estimate of drug-likeness (QED) is 0.652. The molecule has 0 radical (unpaired) electrons. The number of urea groups is 1. The zero-order valence-corrected chi connectivity index (χ0v) is 12.2. The lowest BCUT2D eigenvalue weighted by Crippen LogP contribution is -2.51. The van der Waals surface area contributed by atoms with Crippen LogP contribution >= 0.6 is 11.8 Å². The Bertz CT molecular complexity index is 314. The van der Waals surface area contributed by atoms with E-state index in [-0.39, 0.29) is 12.1 Å². The average Bonchev–Trinajstić information content (AvgIpc) is 2.81. The lowest BCUT2D eigenvalue weighted by atomic mass is 10.2. The minimum absolute atomic E-state index is 0.0278. The molecule has 6 nitrogen and oxygen atoms in total. The Kier molecular flexibility index (Phi) is 7.01. The van der Waals surface area contributed by atoms with Crippen molar-refractivity contribution in [3.05, 3.63) is 0 Å². The van der Waals surface area contributed by atoms with E-state index in [9.17, 15) is 9.59 Å². The van der Waals surface area contributed by atoms with Crippen LogP contribution in [0.3, 0.4) is 0 Å². The largest absolute Gasteiger partial charge is 0.480 e. The SMILES string of the molecule is COC1CCCC1NC(=O)NC(CCSC)C(=O)O. The molecule has 3 N–H and O–H groups in total. The number of methoxy groups -OCH3 is 1. The van der Waals surface area contributed by atoms with E-state index in [1.165, 1.54) is 0 Å². The molecule has 1 aliphatic carbocycles. The topological polar surface area (TPSA) is 87.7 Å². The second-order valence-electron chi connectivity index (χ2n) is 4.60. The first-order valence-corrected chi connectivity index (χ1v) is 7.79. The maximum atomic E-state index is 11.8. The molecule has 0 aromatic carbocycles. The van der Waals surface area contributed by atoms with Gasteiger partial charge in [0.25, 0.3) is 0 Å². The summed E-state index contributed by atoms with van der Waals surface area (Å²) in [6.07, 6.45) is 5.16. The second-order valence-corrected chi connectivity index (χ2v) is 5.59. The molecule has 1 aliphatic rings. The number of hydrogen-bond acceptors (Lipinski definition) is 4. The number of carbonyl (C=O) groups excluding carboxylic acids is 1. The normalized spacial score (nSPS) is 23.9. The van der Waals surface area contributed by atoms with Gasteiger partial charge in [-0.25, -0.2) is 9.59 Å². The molecule has 0 aromatic heterocycles. The standard InChI is InChI=1S/C12H22N2O4S/c1-18-10-5-3-4-8(10)13-12(17)14-9(11(15)16)6-7-19-2/h8-10H,3-7H2,1-2H3,(H,15,16)(H2,13,14,17). The highest BCUT2D eigenvalue weighted by Gasteiger charge is 2.29.